The monoisotopic (exact) mass is 351 g/mol. The van der Waals surface area contributed by atoms with E-state index in [1.54, 1.807) is 12.1 Å². The Morgan fingerprint density at radius 2 is 1.96 bits per heavy atom. The number of halogens is 2. The lowest BCUT2D eigenvalue weighted by atomic mass is 10.1. The van der Waals surface area contributed by atoms with E-state index in [9.17, 15) is 10.1 Å². The maximum Gasteiger partial charge on any atom is 0.289 e. The van der Waals surface area contributed by atoms with Crippen LogP contribution in [0.15, 0.2) is 46.4 Å². The van der Waals surface area contributed by atoms with Gasteiger partial charge in [0.05, 0.1) is 16.2 Å². The standard InChI is InChI=1S/C13H7Cl2N5O3/c14-10-4-12(20(21)22)11(15)3-9(10)13-2-1-8(23-13)5-18-19-6-16-17-7-19/h1-7H/b18-5-. The first-order valence-corrected chi connectivity index (χ1v) is 6.93. The minimum atomic E-state index is -0.600. The van der Waals surface area contributed by atoms with E-state index in [1.165, 1.54) is 35.7 Å². The van der Waals surface area contributed by atoms with Crippen molar-refractivity contribution in [3.05, 3.63) is 62.8 Å². The Balaban J connectivity index is 1.91. The smallest absolute Gasteiger partial charge is 0.289 e. The molecule has 0 atom stereocenters. The van der Waals surface area contributed by atoms with E-state index < -0.39 is 4.92 Å². The molecule has 0 N–H and O–H groups in total. The molecule has 2 aromatic heterocycles. The number of hydrogen-bond acceptors (Lipinski definition) is 6. The zero-order chi connectivity index (χ0) is 16.4. The molecule has 0 aliphatic rings. The van der Waals surface area contributed by atoms with Gasteiger partial charge < -0.3 is 4.42 Å². The molecule has 0 fully saturated rings. The second-order valence-electron chi connectivity index (χ2n) is 4.33. The molecule has 0 spiro atoms. The van der Waals surface area contributed by atoms with Crippen molar-refractivity contribution in [1.82, 2.24) is 14.9 Å². The molecule has 0 unspecified atom stereocenters. The van der Waals surface area contributed by atoms with Crippen molar-refractivity contribution in [3.8, 4) is 11.3 Å². The van der Waals surface area contributed by atoms with E-state index in [1.807, 2.05) is 0 Å². The first-order chi connectivity index (χ1) is 11.0. The van der Waals surface area contributed by atoms with Gasteiger partial charge in [0.2, 0.25) is 0 Å². The van der Waals surface area contributed by atoms with Gasteiger partial charge in [-0.15, -0.1) is 10.2 Å². The zero-order valence-corrected chi connectivity index (χ0v) is 12.8. The van der Waals surface area contributed by atoms with Crippen LogP contribution in [0.3, 0.4) is 0 Å². The van der Waals surface area contributed by atoms with E-state index in [0.717, 1.165) is 0 Å². The first-order valence-electron chi connectivity index (χ1n) is 6.17. The largest absolute Gasteiger partial charge is 0.455 e. The fourth-order valence-corrected chi connectivity index (χ4v) is 2.29. The highest BCUT2D eigenvalue weighted by Gasteiger charge is 2.18. The van der Waals surface area contributed by atoms with Crippen molar-refractivity contribution in [2.24, 2.45) is 5.10 Å². The zero-order valence-electron chi connectivity index (χ0n) is 11.3. The molecule has 1 aromatic carbocycles. The van der Waals surface area contributed by atoms with E-state index >= 15 is 0 Å². The SMILES string of the molecule is O=[N+]([O-])c1cc(Cl)c(-c2ccc(/C=N\n3cnnc3)o2)cc1Cl. The summed E-state index contributed by atoms with van der Waals surface area (Å²) in [5.41, 5.74) is 0.188. The second-order valence-corrected chi connectivity index (χ2v) is 5.14. The summed E-state index contributed by atoms with van der Waals surface area (Å²) in [6, 6.07) is 5.92. The highest BCUT2D eigenvalue weighted by molar-refractivity contribution is 6.36. The number of nitrogens with zero attached hydrogens (tertiary/aromatic N) is 5. The van der Waals surface area contributed by atoms with Crippen LogP contribution in [-0.2, 0) is 0 Å². The Hall–Kier alpha value is -2.71. The maximum absolute atomic E-state index is 10.8. The first kappa shape index (κ1) is 15.2. The van der Waals surface area contributed by atoms with Crippen molar-refractivity contribution < 1.29 is 9.34 Å². The van der Waals surface area contributed by atoms with E-state index in [4.69, 9.17) is 27.6 Å². The maximum atomic E-state index is 10.8. The number of hydrogen-bond donors (Lipinski definition) is 0. The molecule has 3 aromatic rings. The highest BCUT2D eigenvalue weighted by Crippen LogP contribution is 2.37. The molecule has 0 aliphatic heterocycles. The molecule has 0 saturated carbocycles. The Morgan fingerprint density at radius 3 is 2.65 bits per heavy atom. The molecule has 10 heteroatoms. The van der Waals surface area contributed by atoms with Gasteiger partial charge in [-0.1, -0.05) is 23.2 Å². The van der Waals surface area contributed by atoms with Crippen LogP contribution in [0.5, 0.6) is 0 Å². The molecular weight excluding hydrogens is 345 g/mol. The van der Waals surface area contributed by atoms with Crippen molar-refractivity contribution in [3.63, 3.8) is 0 Å². The summed E-state index contributed by atoms with van der Waals surface area (Å²) in [4.78, 5) is 10.2. The van der Waals surface area contributed by atoms with Gasteiger partial charge in [0.15, 0.2) is 0 Å². The minimum absolute atomic E-state index is 0.0227. The number of nitro benzene ring substituents is 1. The summed E-state index contributed by atoms with van der Waals surface area (Å²) in [5, 5.41) is 22.2. The molecule has 0 aliphatic carbocycles. The van der Waals surface area contributed by atoms with Crippen molar-refractivity contribution in [1.29, 1.82) is 0 Å². The van der Waals surface area contributed by atoms with Crippen LogP contribution in [-0.4, -0.2) is 26.0 Å². The third-order valence-corrected chi connectivity index (χ3v) is 3.47. The second kappa shape index (κ2) is 6.19. The summed E-state index contributed by atoms with van der Waals surface area (Å²) in [6.45, 7) is 0. The van der Waals surface area contributed by atoms with Gasteiger partial charge in [0, 0.05) is 11.6 Å². The fourth-order valence-electron chi connectivity index (χ4n) is 1.81. The number of benzene rings is 1. The number of aromatic nitrogens is 3. The molecule has 116 valence electrons. The predicted molar refractivity (Wildman–Crippen MR) is 83.8 cm³/mol. The molecule has 2 heterocycles. The molecule has 23 heavy (non-hydrogen) atoms. The van der Waals surface area contributed by atoms with E-state index in [0.29, 0.717) is 17.1 Å². The van der Waals surface area contributed by atoms with Crippen LogP contribution in [0.2, 0.25) is 10.0 Å². The van der Waals surface area contributed by atoms with Crippen LogP contribution < -0.4 is 0 Å². The van der Waals surface area contributed by atoms with Gasteiger partial charge in [-0.2, -0.15) is 5.10 Å². The third-order valence-electron chi connectivity index (χ3n) is 2.85. The lowest BCUT2D eigenvalue weighted by molar-refractivity contribution is -0.384. The molecule has 0 saturated heterocycles. The van der Waals surface area contributed by atoms with Crippen molar-refractivity contribution >= 4 is 35.1 Å². The molecule has 0 amide bonds. The van der Waals surface area contributed by atoms with Crippen molar-refractivity contribution in [2.75, 3.05) is 0 Å². The summed E-state index contributed by atoms with van der Waals surface area (Å²) in [6.07, 6.45) is 4.31. The Kier molecular flexibility index (Phi) is 4.09. The number of furan rings is 1. The van der Waals surface area contributed by atoms with Gasteiger partial charge in [0.1, 0.15) is 29.2 Å². The van der Waals surface area contributed by atoms with Crippen LogP contribution in [0, 0.1) is 10.1 Å². The Morgan fingerprint density at radius 1 is 1.22 bits per heavy atom. The molecule has 0 radical (unpaired) electrons. The van der Waals surface area contributed by atoms with Crippen LogP contribution in [0.4, 0.5) is 5.69 Å². The number of nitro groups is 1. The molecule has 8 nitrogen and oxygen atoms in total. The van der Waals surface area contributed by atoms with Crippen LogP contribution in [0.25, 0.3) is 11.3 Å². The lowest BCUT2D eigenvalue weighted by Gasteiger charge is -2.02. The van der Waals surface area contributed by atoms with Crippen molar-refractivity contribution in [2.45, 2.75) is 0 Å². The quantitative estimate of drug-likeness (QED) is 0.405. The van der Waals surface area contributed by atoms with Gasteiger partial charge in [-0.25, -0.2) is 4.68 Å². The van der Waals surface area contributed by atoms with Gasteiger partial charge in [-0.05, 0) is 18.2 Å². The fraction of sp³-hybridized carbons (Fsp3) is 0. The van der Waals surface area contributed by atoms with E-state index in [2.05, 4.69) is 15.3 Å². The number of rotatable bonds is 4. The third kappa shape index (κ3) is 3.22. The summed E-state index contributed by atoms with van der Waals surface area (Å²) in [7, 11) is 0. The van der Waals surface area contributed by atoms with Gasteiger partial charge in [-0.3, -0.25) is 10.1 Å². The predicted octanol–water partition coefficient (Wildman–Crippen LogP) is 3.64. The molecule has 0 bridgehead atoms. The van der Waals surface area contributed by atoms with Gasteiger partial charge >= 0.3 is 0 Å². The normalized spacial score (nSPS) is 11.2. The average molecular weight is 352 g/mol. The lowest BCUT2D eigenvalue weighted by Crippen LogP contribution is -1.90. The molecular formula is C13H7Cl2N5O3. The minimum Gasteiger partial charge on any atom is -0.455 e. The Labute approximate surface area is 139 Å². The van der Waals surface area contributed by atoms with Gasteiger partial charge in [0.25, 0.3) is 5.69 Å². The summed E-state index contributed by atoms with van der Waals surface area (Å²) in [5.74, 6) is 0.872. The van der Waals surface area contributed by atoms with E-state index in [-0.39, 0.29) is 15.7 Å². The Bertz CT molecular complexity index is 889. The van der Waals surface area contributed by atoms with Crippen LogP contribution in [0.1, 0.15) is 5.76 Å². The topological polar surface area (TPSA) is 99.3 Å². The molecule has 3 rings (SSSR count). The average Bonchev–Trinajstić information content (AvgIpc) is 3.17. The summed E-state index contributed by atoms with van der Waals surface area (Å²) < 4.78 is 6.99. The highest BCUT2D eigenvalue weighted by atomic mass is 35.5. The summed E-state index contributed by atoms with van der Waals surface area (Å²) >= 11 is 12.0. The van der Waals surface area contributed by atoms with Crippen LogP contribution >= 0.6 is 23.2 Å².